The second kappa shape index (κ2) is 8.93. The zero-order valence-electron chi connectivity index (χ0n) is 18.3. The molecule has 2 unspecified atom stereocenters. The minimum atomic E-state index is -2.85. The molecule has 1 amide bonds. The minimum absolute atomic E-state index is 0.00646. The molecule has 0 radical (unpaired) electrons. The summed E-state index contributed by atoms with van der Waals surface area (Å²) in [5.74, 6) is -3.86. The summed E-state index contributed by atoms with van der Waals surface area (Å²) in [5.41, 5.74) is 2.27. The predicted molar refractivity (Wildman–Crippen MR) is 117 cm³/mol. The van der Waals surface area contributed by atoms with Crippen LogP contribution in [0, 0.1) is 5.92 Å². The van der Waals surface area contributed by atoms with E-state index in [4.69, 9.17) is 4.74 Å². The number of carbonyl (C=O) groups excluding carboxylic acids is 1. The lowest BCUT2D eigenvalue weighted by molar-refractivity contribution is -0.142. The van der Waals surface area contributed by atoms with Crippen molar-refractivity contribution in [2.24, 2.45) is 5.92 Å². The summed E-state index contributed by atoms with van der Waals surface area (Å²) in [4.78, 5) is 14.6. The molecule has 1 N–H and O–H groups in total. The first-order valence-electron chi connectivity index (χ1n) is 11.9. The molecule has 1 aromatic carbocycles. The Morgan fingerprint density at radius 2 is 1.88 bits per heavy atom. The van der Waals surface area contributed by atoms with Crippen LogP contribution in [0.5, 0.6) is 0 Å². The van der Waals surface area contributed by atoms with E-state index in [-0.39, 0.29) is 24.5 Å². The van der Waals surface area contributed by atoms with Gasteiger partial charge in [0.1, 0.15) is 5.92 Å². The molecule has 7 heteroatoms. The van der Waals surface area contributed by atoms with Crippen molar-refractivity contribution in [1.82, 2.24) is 15.1 Å². The third-order valence-corrected chi connectivity index (χ3v) is 7.54. The highest BCUT2D eigenvalue weighted by atomic mass is 19.3. The first-order chi connectivity index (χ1) is 15.5. The molecule has 1 aliphatic heterocycles. The van der Waals surface area contributed by atoms with Crippen molar-refractivity contribution in [2.45, 2.75) is 74.8 Å². The van der Waals surface area contributed by atoms with Gasteiger partial charge in [-0.3, -0.25) is 9.89 Å². The largest absolute Gasteiger partial charge is 0.376 e. The van der Waals surface area contributed by atoms with E-state index in [2.05, 4.69) is 34.5 Å². The van der Waals surface area contributed by atoms with Crippen molar-refractivity contribution in [3.8, 4) is 0 Å². The van der Waals surface area contributed by atoms with E-state index in [1.807, 2.05) is 12.1 Å². The lowest BCUT2D eigenvalue weighted by Crippen LogP contribution is -2.51. The summed E-state index contributed by atoms with van der Waals surface area (Å²) < 4.78 is 33.7. The van der Waals surface area contributed by atoms with Crippen LogP contribution in [-0.4, -0.2) is 52.2 Å². The number of hydrogen-bond donors (Lipinski definition) is 1. The number of nitrogens with zero attached hydrogens (tertiary/aromatic N) is 2. The summed E-state index contributed by atoms with van der Waals surface area (Å²) in [6.07, 6.45) is 7.39. The number of rotatable bonds is 6. The first kappa shape index (κ1) is 21.6. The molecule has 1 saturated heterocycles. The summed E-state index contributed by atoms with van der Waals surface area (Å²) in [6, 6.07) is 12.3. The monoisotopic (exact) mass is 443 g/mol. The SMILES string of the molecule is O=C(C1CC1(F)F)N1CCCC(c2cc[nH]n2)[C@@H]1COC1CCC(c2ccccc2)CC1. The van der Waals surface area contributed by atoms with Gasteiger partial charge < -0.3 is 9.64 Å². The lowest BCUT2D eigenvalue weighted by atomic mass is 9.82. The fourth-order valence-electron chi connectivity index (χ4n) is 5.56. The molecule has 3 fully saturated rings. The van der Waals surface area contributed by atoms with Crippen LogP contribution >= 0.6 is 0 Å². The standard InChI is InChI=1S/C25H31F2N3O2/c26-25(27)15-21(25)24(31)30-14-4-7-20(22-12-13-28-29-22)23(30)16-32-19-10-8-18(9-11-19)17-5-2-1-3-6-17/h1-3,5-6,12-13,18-21,23H,4,7-11,14-16H2,(H,28,29)/t18?,19?,20?,21?,23-/m0/s1. The van der Waals surface area contributed by atoms with E-state index in [1.54, 1.807) is 11.1 Å². The molecule has 5 nitrogen and oxygen atoms in total. The number of hydrogen-bond acceptors (Lipinski definition) is 3. The van der Waals surface area contributed by atoms with Crippen LogP contribution in [0.1, 0.15) is 68.0 Å². The number of halogens is 2. The molecule has 2 aromatic rings. The molecule has 2 heterocycles. The highest BCUT2D eigenvalue weighted by molar-refractivity contribution is 5.83. The van der Waals surface area contributed by atoms with Crippen molar-refractivity contribution in [1.29, 1.82) is 0 Å². The van der Waals surface area contributed by atoms with Gasteiger partial charge in [-0.25, -0.2) is 8.78 Å². The number of benzene rings is 1. The second-order valence-corrected chi connectivity index (χ2v) is 9.58. The van der Waals surface area contributed by atoms with Crippen LogP contribution in [0.3, 0.4) is 0 Å². The maximum Gasteiger partial charge on any atom is 0.260 e. The van der Waals surface area contributed by atoms with Crippen LogP contribution in [0.25, 0.3) is 0 Å². The second-order valence-electron chi connectivity index (χ2n) is 9.58. The van der Waals surface area contributed by atoms with Gasteiger partial charge in [-0.15, -0.1) is 0 Å². The summed E-state index contributed by atoms with van der Waals surface area (Å²) in [5, 5.41) is 7.20. The van der Waals surface area contributed by atoms with E-state index in [0.717, 1.165) is 44.2 Å². The van der Waals surface area contributed by atoms with Gasteiger partial charge in [0.05, 0.1) is 24.4 Å². The number of piperidine rings is 1. The zero-order valence-corrected chi connectivity index (χ0v) is 18.3. The molecular formula is C25H31F2N3O2. The van der Waals surface area contributed by atoms with E-state index in [0.29, 0.717) is 19.1 Å². The van der Waals surface area contributed by atoms with Gasteiger partial charge >= 0.3 is 0 Å². The van der Waals surface area contributed by atoms with Crippen molar-refractivity contribution >= 4 is 5.91 Å². The Labute approximate surface area is 187 Å². The van der Waals surface area contributed by atoms with Crippen LogP contribution in [0.2, 0.25) is 0 Å². The average Bonchev–Trinajstić information content (AvgIpc) is 3.20. The number of ether oxygens (including phenoxy) is 1. The van der Waals surface area contributed by atoms with E-state index in [1.165, 1.54) is 5.56 Å². The molecule has 172 valence electrons. The van der Waals surface area contributed by atoms with Crippen molar-refractivity contribution in [2.75, 3.05) is 13.2 Å². The number of alkyl halides is 2. The van der Waals surface area contributed by atoms with Crippen LogP contribution < -0.4 is 0 Å². The lowest BCUT2D eigenvalue weighted by Gasteiger charge is -2.41. The molecule has 1 aromatic heterocycles. The fraction of sp³-hybridized carbons (Fsp3) is 0.600. The first-order valence-corrected chi connectivity index (χ1v) is 11.9. The van der Waals surface area contributed by atoms with Gasteiger partial charge in [0, 0.05) is 25.1 Å². The van der Waals surface area contributed by atoms with Crippen LogP contribution in [-0.2, 0) is 9.53 Å². The van der Waals surface area contributed by atoms with Gasteiger partial charge in [0.25, 0.3) is 5.92 Å². The van der Waals surface area contributed by atoms with Crippen LogP contribution in [0.15, 0.2) is 42.6 Å². The van der Waals surface area contributed by atoms with E-state index < -0.39 is 17.7 Å². The molecule has 2 saturated carbocycles. The normalized spacial score (nSPS) is 31.9. The Kier molecular flexibility index (Phi) is 6.01. The number of aromatic amines is 1. The molecule has 0 spiro atoms. The van der Waals surface area contributed by atoms with Crippen molar-refractivity contribution in [3.05, 3.63) is 53.9 Å². The number of amides is 1. The maximum atomic E-state index is 13.7. The highest BCUT2D eigenvalue weighted by Gasteiger charge is 2.63. The van der Waals surface area contributed by atoms with Gasteiger partial charge in [0.2, 0.25) is 5.91 Å². The average molecular weight is 444 g/mol. The quantitative estimate of drug-likeness (QED) is 0.692. The van der Waals surface area contributed by atoms with Gasteiger partial charge in [0.15, 0.2) is 0 Å². The summed E-state index contributed by atoms with van der Waals surface area (Å²) in [7, 11) is 0. The highest BCUT2D eigenvalue weighted by Crippen LogP contribution is 2.50. The molecule has 0 bridgehead atoms. The molecular weight excluding hydrogens is 412 g/mol. The Morgan fingerprint density at radius 3 is 2.53 bits per heavy atom. The smallest absolute Gasteiger partial charge is 0.260 e. The number of carbonyl (C=O) groups is 1. The summed E-state index contributed by atoms with van der Waals surface area (Å²) in [6.45, 7) is 0.892. The third kappa shape index (κ3) is 4.45. The Balaban J connectivity index is 1.24. The predicted octanol–water partition coefficient (Wildman–Crippen LogP) is 4.88. The van der Waals surface area contributed by atoms with Gasteiger partial charge in [-0.2, -0.15) is 5.10 Å². The Bertz CT molecular complexity index is 897. The van der Waals surface area contributed by atoms with Crippen molar-refractivity contribution in [3.63, 3.8) is 0 Å². The van der Waals surface area contributed by atoms with E-state index in [9.17, 15) is 13.6 Å². The maximum absolute atomic E-state index is 13.7. The van der Waals surface area contributed by atoms with Crippen LogP contribution in [0.4, 0.5) is 8.78 Å². The number of nitrogens with one attached hydrogen (secondary N) is 1. The number of H-pyrrole nitrogens is 1. The Hall–Kier alpha value is -2.28. The summed E-state index contributed by atoms with van der Waals surface area (Å²) >= 11 is 0. The molecule has 3 aliphatic rings. The van der Waals surface area contributed by atoms with Crippen molar-refractivity contribution < 1.29 is 18.3 Å². The third-order valence-electron chi connectivity index (χ3n) is 7.54. The molecule has 2 aliphatic carbocycles. The molecule has 32 heavy (non-hydrogen) atoms. The molecule has 3 atom stereocenters. The van der Waals surface area contributed by atoms with Gasteiger partial charge in [-0.05, 0) is 56.1 Å². The number of likely N-dealkylation sites (tertiary alicyclic amines) is 1. The molecule has 5 rings (SSSR count). The fourth-order valence-corrected chi connectivity index (χ4v) is 5.56. The minimum Gasteiger partial charge on any atom is -0.376 e. The topological polar surface area (TPSA) is 58.2 Å². The zero-order chi connectivity index (χ0) is 22.1. The van der Waals surface area contributed by atoms with E-state index >= 15 is 0 Å². The van der Waals surface area contributed by atoms with Gasteiger partial charge in [-0.1, -0.05) is 30.3 Å². The number of aromatic nitrogens is 2. The Morgan fingerprint density at radius 1 is 1.12 bits per heavy atom.